The summed E-state index contributed by atoms with van der Waals surface area (Å²) >= 11 is 0. The topological polar surface area (TPSA) is 122 Å². The van der Waals surface area contributed by atoms with Gasteiger partial charge in [0.25, 0.3) is 5.91 Å². The van der Waals surface area contributed by atoms with Crippen LogP contribution in [0.25, 0.3) is 0 Å². The Morgan fingerprint density at radius 1 is 1.20 bits per heavy atom. The van der Waals surface area contributed by atoms with Gasteiger partial charge in [-0.3, -0.25) is 9.59 Å². The van der Waals surface area contributed by atoms with E-state index < -0.39 is 10.0 Å². The Labute approximate surface area is 177 Å². The molecule has 3 rings (SSSR count). The molecule has 2 heterocycles. The van der Waals surface area contributed by atoms with Crippen molar-refractivity contribution in [2.75, 3.05) is 52.5 Å². The van der Waals surface area contributed by atoms with E-state index in [1.54, 1.807) is 12.1 Å². The van der Waals surface area contributed by atoms with Gasteiger partial charge in [0, 0.05) is 31.7 Å². The largest absolute Gasteiger partial charge is 0.379 e. The zero-order valence-electron chi connectivity index (χ0n) is 17.1. The van der Waals surface area contributed by atoms with E-state index in [0.29, 0.717) is 45.0 Å². The van der Waals surface area contributed by atoms with Gasteiger partial charge in [0.2, 0.25) is 15.9 Å². The molecule has 3 N–H and O–H groups in total. The normalized spacial score (nSPS) is 21.3. The van der Waals surface area contributed by atoms with Gasteiger partial charge < -0.3 is 20.7 Å². The van der Waals surface area contributed by atoms with Gasteiger partial charge in [0.05, 0.1) is 24.0 Å². The van der Waals surface area contributed by atoms with Gasteiger partial charge >= 0.3 is 0 Å². The SMILES string of the molecule is NC(=O)C1CCCN(CCCNC(=O)c2cccc(S(=O)(=O)N3CCOCC3)c2)C1. The smallest absolute Gasteiger partial charge is 0.251 e. The van der Waals surface area contributed by atoms with Crippen molar-refractivity contribution in [3.8, 4) is 0 Å². The van der Waals surface area contributed by atoms with E-state index in [1.165, 1.54) is 16.4 Å². The predicted molar refractivity (Wildman–Crippen MR) is 111 cm³/mol. The fraction of sp³-hybridized carbons (Fsp3) is 0.600. The second kappa shape index (κ2) is 10.3. The molecule has 2 aliphatic heterocycles. The number of rotatable bonds is 8. The Balaban J connectivity index is 1.50. The second-order valence-corrected chi connectivity index (χ2v) is 9.63. The third-order valence-corrected chi connectivity index (χ3v) is 7.44. The van der Waals surface area contributed by atoms with Crippen LogP contribution in [-0.2, 0) is 19.6 Å². The molecule has 0 radical (unpaired) electrons. The number of carbonyl (C=O) groups is 2. The molecule has 1 atom stereocenters. The molecule has 10 heteroatoms. The van der Waals surface area contributed by atoms with E-state index in [9.17, 15) is 18.0 Å². The minimum Gasteiger partial charge on any atom is -0.379 e. The summed E-state index contributed by atoms with van der Waals surface area (Å²) < 4.78 is 32.1. The van der Waals surface area contributed by atoms with Crippen molar-refractivity contribution >= 4 is 21.8 Å². The molecule has 0 aromatic heterocycles. The number of sulfonamides is 1. The van der Waals surface area contributed by atoms with Crippen molar-refractivity contribution in [3.63, 3.8) is 0 Å². The highest BCUT2D eigenvalue weighted by atomic mass is 32.2. The van der Waals surface area contributed by atoms with Crippen molar-refractivity contribution in [2.45, 2.75) is 24.2 Å². The van der Waals surface area contributed by atoms with Crippen LogP contribution in [0.3, 0.4) is 0 Å². The summed E-state index contributed by atoms with van der Waals surface area (Å²) in [7, 11) is -3.64. The van der Waals surface area contributed by atoms with Crippen molar-refractivity contribution < 1.29 is 22.7 Å². The number of piperidine rings is 1. The van der Waals surface area contributed by atoms with Crippen LogP contribution in [0, 0.1) is 5.92 Å². The van der Waals surface area contributed by atoms with Gasteiger partial charge in [-0.25, -0.2) is 8.42 Å². The zero-order valence-corrected chi connectivity index (χ0v) is 17.9. The Morgan fingerprint density at radius 2 is 1.97 bits per heavy atom. The lowest BCUT2D eigenvalue weighted by Crippen LogP contribution is -2.42. The maximum atomic E-state index is 12.8. The second-order valence-electron chi connectivity index (χ2n) is 7.70. The fourth-order valence-electron chi connectivity index (χ4n) is 3.83. The quantitative estimate of drug-likeness (QED) is 0.552. The van der Waals surface area contributed by atoms with Crippen LogP contribution in [0.2, 0.25) is 0 Å². The van der Waals surface area contributed by atoms with E-state index in [0.717, 1.165) is 32.4 Å². The number of benzene rings is 1. The van der Waals surface area contributed by atoms with Crippen molar-refractivity contribution in [2.24, 2.45) is 11.7 Å². The van der Waals surface area contributed by atoms with Crippen molar-refractivity contribution in [1.82, 2.24) is 14.5 Å². The highest BCUT2D eigenvalue weighted by Gasteiger charge is 2.27. The molecule has 2 fully saturated rings. The molecule has 2 amide bonds. The molecular formula is C20H30N4O5S. The van der Waals surface area contributed by atoms with E-state index in [1.807, 2.05) is 0 Å². The van der Waals surface area contributed by atoms with Crippen LogP contribution in [0.4, 0.5) is 0 Å². The molecule has 0 spiro atoms. The number of nitrogens with one attached hydrogen (secondary N) is 1. The van der Waals surface area contributed by atoms with Crippen LogP contribution >= 0.6 is 0 Å². The summed E-state index contributed by atoms with van der Waals surface area (Å²) in [6.07, 6.45) is 2.53. The summed E-state index contributed by atoms with van der Waals surface area (Å²) in [6, 6.07) is 6.12. The predicted octanol–water partition coefficient (Wildman–Crippen LogP) is 0.0247. The Hall–Kier alpha value is -2.01. The van der Waals surface area contributed by atoms with Gasteiger partial charge in [0.15, 0.2) is 0 Å². The summed E-state index contributed by atoms with van der Waals surface area (Å²) in [5.74, 6) is -0.646. The lowest BCUT2D eigenvalue weighted by atomic mass is 9.97. The third kappa shape index (κ3) is 5.78. The molecule has 1 unspecified atom stereocenters. The molecule has 30 heavy (non-hydrogen) atoms. The fourth-order valence-corrected chi connectivity index (χ4v) is 5.29. The van der Waals surface area contributed by atoms with E-state index in [4.69, 9.17) is 10.5 Å². The maximum absolute atomic E-state index is 12.8. The van der Waals surface area contributed by atoms with Gasteiger partial charge in [-0.1, -0.05) is 6.07 Å². The first-order valence-electron chi connectivity index (χ1n) is 10.4. The average Bonchev–Trinajstić information content (AvgIpc) is 2.77. The molecule has 0 bridgehead atoms. The van der Waals surface area contributed by atoms with Crippen LogP contribution < -0.4 is 11.1 Å². The standard InChI is InChI=1S/C20H30N4O5S/c21-19(25)17-5-2-8-23(15-17)9-3-7-22-20(26)16-4-1-6-18(14-16)30(27,28)24-10-12-29-13-11-24/h1,4,6,14,17H,2-3,5,7-13,15H2,(H2,21,25)(H,22,26). The maximum Gasteiger partial charge on any atom is 0.251 e. The highest BCUT2D eigenvalue weighted by Crippen LogP contribution is 2.19. The number of primary amides is 1. The lowest BCUT2D eigenvalue weighted by Gasteiger charge is -2.31. The van der Waals surface area contributed by atoms with Crippen LogP contribution in [0.15, 0.2) is 29.2 Å². The monoisotopic (exact) mass is 438 g/mol. The number of carbonyl (C=O) groups excluding carboxylic acids is 2. The van der Waals surface area contributed by atoms with Gasteiger partial charge in [-0.05, 0) is 50.6 Å². The Morgan fingerprint density at radius 3 is 2.70 bits per heavy atom. The number of hydrogen-bond donors (Lipinski definition) is 2. The Kier molecular flexibility index (Phi) is 7.81. The molecule has 0 saturated carbocycles. The minimum atomic E-state index is -3.64. The molecular weight excluding hydrogens is 408 g/mol. The van der Waals surface area contributed by atoms with Crippen molar-refractivity contribution in [1.29, 1.82) is 0 Å². The first-order chi connectivity index (χ1) is 14.4. The third-order valence-electron chi connectivity index (χ3n) is 5.55. The van der Waals surface area contributed by atoms with Crippen LogP contribution in [0.1, 0.15) is 29.6 Å². The first kappa shape index (κ1) is 22.7. The molecule has 166 valence electrons. The summed E-state index contributed by atoms with van der Waals surface area (Å²) in [6.45, 7) is 4.21. The number of hydrogen-bond acceptors (Lipinski definition) is 6. The minimum absolute atomic E-state index is 0.0931. The molecule has 0 aliphatic carbocycles. The van der Waals surface area contributed by atoms with E-state index in [2.05, 4.69) is 10.2 Å². The molecule has 2 aliphatic rings. The zero-order chi connectivity index (χ0) is 21.6. The molecule has 9 nitrogen and oxygen atoms in total. The van der Waals surface area contributed by atoms with Crippen molar-refractivity contribution in [3.05, 3.63) is 29.8 Å². The lowest BCUT2D eigenvalue weighted by molar-refractivity contribution is -0.123. The van der Waals surface area contributed by atoms with E-state index in [-0.39, 0.29) is 22.6 Å². The molecule has 1 aromatic carbocycles. The summed E-state index contributed by atoms with van der Waals surface area (Å²) in [4.78, 5) is 26.1. The van der Waals surface area contributed by atoms with Crippen LogP contribution in [-0.4, -0.2) is 81.9 Å². The number of likely N-dealkylation sites (tertiary alicyclic amines) is 1. The highest BCUT2D eigenvalue weighted by molar-refractivity contribution is 7.89. The number of nitrogens with two attached hydrogens (primary N) is 1. The van der Waals surface area contributed by atoms with Gasteiger partial charge in [0.1, 0.15) is 0 Å². The average molecular weight is 439 g/mol. The van der Waals surface area contributed by atoms with Crippen LogP contribution in [0.5, 0.6) is 0 Å². The van der Waals surface area contributed by atoms with Gasteiger partial charge in [-0.15, -0.1) is 0 Å². The molecule has 1 aromatic rings. The first-order valence-corrected chi connectivity index (χ1v) is 11.8. The summed E-state index contributed by atoms with van der Waals surface area (Å²) in [5.41, 5.74) is 5.72. The Bertz CT molecular complexity index is 855. The number of amides is 2. The van der Waals surface area contributed by atoms with Gasteiger partial charge in [-0.2, -0.15) is 4.31 Å². The number of ether oxygens (including phenoxy) is 1. The van der Waals surface area contributed by atoms with E-state index >= 15 is 0 Å². The number of nitrogens with zero attached hydrogens (tertiary/aromatic N) is 2. The summed E-state index contributed by atoms with van der Waals surface area (Å²) in [5, 5.41) is 2.85. The number of morpholine rings is 1. The molecule has 2 saturated heterocycles.